The third-order valence-corrected chi connectivity index (χ3v) is 2.04. The van der Waals surface area contributed by atoms with Gasteiger partial charge in [-0.15, -0.1) is 0 Å². The maximum absolute atomic E-state index is 10.5. The summed E-state index contributed by atoms with van der Waals surface area (Å²) in [5.74, 6) is 0.743. The van der Waals surface area contributed by atoms with Crippen LogP contribution in [-0.4, -0.2) is 30.3 Å². The monoisotopic (exact) mass is 233 g/mol. The Kier molecular flexibility index (Phi) is 4.21. The standard InChI is InChI=1S/C11H15N5O/c1-16(2)11-4-10(14-7-15-11)8(5-12)3-9(13)6-17/h3-7H,12-13H2,1-2H3/b8-5+,9-3+. The summed E-state index contributed by atoms with van der Waals surface area (Å²) >= 11 is 0. The molecule has 0 unspecified atom stereocenters. The quantitative estimate of drug-likeness (QED) is 0.427. The minimum atomic E-state index is 0.0896. The van der Waals surface area contributed by atoms with Crippen molar-refractivity contribution in [1.29, 1.82) is 0 Å². The number of aldehydes is 1. The van der Waals surface area contributed by atoms with E-state index in [1.165, 1.54) is 18.6 Å². The molecule has 0 spiro atoms. The molecule has 0 radical (unpaired) electrons. The molecule has 0 aliphatic carbocycles. The van der Waals surface area contributed by atoms with E-state index in [0.29, 0.717) is 17.6 Å². The number of hydrogen-bond donors (Lipinski definition) is 2. The zero-order valence-electron chi connectivity index (χ0n) is 9.79. The number of nitrogens with zero attached hydrogens (tertiary/aromatic N) is 3. The molecule has 17 heavy (non-hydrogen) atoms. The minimum absolute atomic E-state index is 0.0896. The molecule has 0 aromatic carbocycles. The Labute approximate surface area is 99.6 Å². The first-order valence-electron chi connectivity index (χ1n) is 4.92. The molecule has 1 rings (SSSR count). The molecule has 0 fully saturated rings. The molecule has 0 aliphatic heterocycles. The average Bonchev–Trinajstić information content (AvgIpc) is 2.35. The van der Waals surface area contributed by atoms with Gasteiger partial charge in [-0.2, -0.15) is 0 Å². The highest BCUT2D eigenvalue weighted by atomic mass is 16.1. The minimum Gasteiger partial charge on any atom is -0.404 e. The van der Waals surface area contributed by atoms with E-state index in [2.05, 4.69) is 9.97 Å². The summed E-state index contributed by atoms with van der Waals surface area (Å²) in [4.78, 5) is 20.5. The van der Waals surface area contributed by atoms with Gasteiger partial charge in [-0.3, -0.25) is 4.79 Å². The van der Waals surface area contributed by atoms with Crippen molar-refractivity contribution >= 4 is 17.7 Å². The highest BCUT2D eigenvalue weighted by Crippen LogP contribution is 2.16. The third kappa shape index (κ3) is 3.30. The summed E-state index contributed by atoms with van der Waals surface area (Å²) < 4.78 is 0. The van der Waals surface area contributed by atoms with Gasteiger partial charge < -0.3 is 16.4 Å². The maximum atomic E-state index is 10.5. The predicted octanol–water partition coefficient (Wildman–Crippen LogP) is -0.116. The SMILES string of the molecule is CN(C)c1cc(C(/C=C(/N)C=O)=C/N)ncn1. The lowest BCUT2D eigenvalue weighted by atomic mass is 10.1. The van der Waals surface area contributed by atoms with Crippen molar-refractivity contribution in [2.24, 2.45) is 11.5 Å². The van der Waals surface area contributed by atoms with Crippen molar-refractivity contribution in [1.82, 2.24) is 9.97 Å². The van der Waals surface area contributed by atoms with Crippen LogP contribution in [0, 0.1) is 0 Å². The van der Waals surface area contributed by atoms with Gasteiger partial charge in [0.05, 0.1) is 11.4 Å². The first-order chi connectivity index (χ1) is 8.08. The number of rotatable bonds is 4. The number of hydrogen-bond acceptors (Lipinski definition) is 6. The van der Waals surface area contributed by atoms with Crippen LogP contribution in [0.4, 0.5) is 5.82 Å². The van der Waals surface area contributed by atoms with Gasteiger partial charge in [0.25, 0.3) is 0 Å². The highest BCUT2D eigenvalue weighted by molar-refractivity contribution is 5.81. The number of carbonyl (C=O) groups is 1. The predicted molar refractivity (Wildman–Crippen MR) is 66.9 cm³/mol. The molecular weight excluding hydrogens is 218 g/mol. The third-order valence-electron chi connectivity index (χ3n) is 2.04. The first kappa shape index (κ1) is 12.7. The Morgan fingerprint density at radius 2 is 2.12 bits per heavy atom. The summed E-state index contributed by atoms with van der Waals surface area (Å²) in [6.45, 7) is 0. The average molecular weight is 233 g/mol. The zero-order valence-corrected chi connectivity index (χ0v) is 9.79. The van der Waals surface area contributed by atoms with Gasteiger partial charge in [0.1, 0.15) is 12.1 Å². The lowest BCUT2D eigenvalue weighted by Gasteiger charge is -2.11. The summed E-state index contributed by atoms with van der Waals surface area (Å²) in [6.07, 6.45) is 4.80. The fourth-order valence-corrected chi connectivity index (χ4v) is 1.17. The molecule has 0 aliphatic rings. The Morgan fingerprint density at radius 3 is 2.65 bits per heavy atom. The molecule has 0 amide bonds. The lowest BCUT2D eigenvalue weighted by molar-refractivity contribution is -0.104. The molecule has 1 heterocycles. The Hall–Kier alpha value is -2.37. The summed E-state index contributed by atoms with van der Waals surface area (Å²) in [5, 5.41) is 0. The maximum Gasteiger partial charge on any atom is 0.165 e. The molecule has 1 aromatic rings. The van der Waals surface area contributed by atoms with E-state index in [0.717, 1.165) is 5.82 Å². The molecule has 0 atom stereocenters. The number of allylic oxidation sites excluding steroid dienone is 3. The van der Waals surface area contributed by atoms with Crippen LogP contribution in [0.3, 0.4) is 0 Å². The second-order valence-corrected chi connectivity index (χ2v) is 3.54. The highest BCUT2D eigenvalue weighted by Gasteiger charge is 2.04. The number of aromatic nitrogens is 2. The van der Waals surface area contributed by atoms with Crippen molar-refractivity contribution in [3.05, 3.63) is 36.1 Å². The Bertz CT molecular complexity index is 465. The van der Waals surface area contributed by atoms with Crippen molar-refractivity contribution < 1.29 is 4.79 Å². The molecule has 1 aromatic heterocycles. The van der Waals surface area contributed by atoms with E-state index in [9.17, 15) is 4.79 Å². The van der Waals surface area contributed by atoms with Crippen molar-refractivity contribution in [3.63, 3.8) is 0 Å². The van der Waals surface area contributed by atoms with Gasteiger partial charge in [-0.1, -0.05) is 0 Å². The summed E-state index contributed by atoms with van der Waals surface area (Å²) in [6, 6.07) is 1.76. The van der Waals surface area contributed by atoms with Crippen LogP contribution in [0.15, 0.2) is 30.4 Å². The van der Waals surface area contributed by atoms with Crippen LogP contribution in [0.1, 0.15) is 5.69 Å². The van der Waals surface area contributed by atoms with Crippen molar-refractivity contribution in [3.8, 4) is 0 Å². The largest absolute Gasteiger partial charge is 0.404 e. The van der Waals surface area contributed by atoms with Gasteiger partial charge in [0.15, 0.2) is 6.29 Å². The van der Waals surface area contributed by atoms with E-state index in [1.807, 2.05) is 19.0 Å². The molecule has 0 bridgehead atoms. The van der Waals surface area contributed by atoms with Gasteiger partial charge in [0.2, 0.25) is 0 Å². The second kappa shape index (κ2) is 5.64. The van der Waals surface area contributed by atoms with E-state index < -0.39 is 0 Å². The smallest absolute Gasteiger partial charge is 0.165 e. The zero-order chi connectivity index (χ0) is 12.8. The molecule has 90 valence electrons. The van der Waals surface area contributed by atoms with Gasteiger partial charge in [-0.05, 0) is 6.08 Å². The summed E-state index contributed by atoms with van der Waals surface area (Å²) in [5.41, 5.74) is 12.2. The van der Waals surface area contributed by atoms with Crippen LogP contribution < -0.4 is 16.4 Å². The number of anilines is 1. The molecular formula is C11H15N5O. The van der Waals surface area contributed by atoms with Crippen LogP contribution in [-0.2, 0) is 4.79 Å². The van der Waals surface area contributed by atoms with Crippen LogP contribution in [0.25, 0.3) is 5.57 Å². The molecule has 6 heteroatoms. The fraction of sp³-hybridized carbons (Fsp3) is 0.182. The van der Waals surface area contributed by atoms with E-state index in [4.69, 9.17) is 11.5 Å². The van der Waals surface area contributed by atoms with Gasteiger partial charge in [0, 0.05) is 31.9 Å². The van der Waals surface area contributed by atoms with Gasteiger partial charge in [-0.25, -0.2) is 9.97 Å². The van der Waals surface area contributed by atoms with Crippen LogP contribution in [0.2, 0.25) is 0 Å². The normalized spacial score (nSPS) is 12.4. The molecule has 0 saturated carbocycles. The Balaban J connectivity index is 3.14. The molecule has 0 saturated heterocycles. The van der Waals surface area contributed by atoms with Crippen molar-refractivity contribution in [2.45, 2.75) is 0 Å². The number of carbonyl (C=O) groups excluding carboxylic acids is 1. The van der Waals surface area contributed by atoms with E-state index >= 15 is 0 Å². The van der Waals surface area contributed by atoms with E-state index in [1.54, 1.807) is 6.07 Å². The number of nitrogens with two attached hydrogens (primary N) is 2. The van der Waals surface area contributed by atoms with E-state index in [-0.39, 0.29) is 5.70 Å². The van der Waals surface area contributed by atoms with Crippen LogP contribution in [0.5, 0.6) is 0 Å². The molecule has 6 nitrogen and oxygen atoms in total. The molecule has 4 N–H and O–H groups in total. The topological polar surface area (TPSA) is 98.1 Å². The summed E-state index contributed by atoms with van der Waals surface area (Å²) in [7, 11) is 3.74. The Morgan fingerprint density at radius 1 is 1.41 bits per heavy atom. The lowest BCUT2D eigenvalue weighted by Crippen LogP contribution is -2.11. The van der Waals surface area contributed by atoms with Crippen molar-refractivity contribution in [2.75, 3.05) is 19.0 Å². The fourth-order valence-electron chi connectivity index (χ4n) is 1.17. The second-order valence-electron chi connectivity index (χ2n) is 3.54. The van der Waals surface area contributed by atoms with Crippen LogP contribution >= 0.6 is 0 Å². The first-order valence-corrected chi connectivity index (χ1v) is 4.92. The van der Waals surface area contributed by atoms with Gasteiger partial charge >= 0.3 is 0 Å².